The van der Waals surface area contributed by atoms with Crippen LogP contribution in [0.5, 0.6) is 0 Å². The first kappa shape index (κ1) is 44.5. The van der Waals surface area contributed by atoms with Gasteiger partial charge in [0.2, 0.25) is 23.6 Å². The van der Waals surface area contributed by atoms with Crippen LogP contribution >= 0.6 is 0 Å². The number of likely N-dealkylation sites (tertiary alicyclic amines) is 1. The van der Waals surface area contributed by atoms with E-state index in [9.17, 15) is 28.8 Å². The van der Waals surface area contributed by atoms with Crippen LogP contribution in [0.15, 0.2) is 84.9 Å². The highest BCUT2D eigenvalue weighted by atomic mass is 16.2. The van der Waals surface area contributed by atoms with Crippen LogP contribution in [-0.4, -0.2) is 108 Å². The third-order valence-electron chi connectivity index (χ3n) is 13.3. The molecule has 2 heterocycles. The first-order chi connectivity index (χ1) is 30.1. The van der Waals surface area contributed by atoms with Gasteiger partial charge in [-0.05, 0) is 54.7 Å². The van der Waals surface area contributed by atoms with Crippen LogP contribution in [0.3, 0.4) is 0 Å². The van der Waals surface area contributed by atoms with Gasteiger partial charge in [-0.2, -0.15) is 0 Å². The number of rotatable bonds is 19. The number of amides is 6. The largest absolute Gasteiger partial charge is 0.354 e. The average molecular weight is 845 g/mol. The molecule has 2 aliphatic carbocycles. The van der Waals surface area contributed by atoms with Crippen LogP contribution in [-0.2, 0) is 19.2 Å². The van der Waals surface area contributed by atoms with Crippen LogP contribution in [0.4, 0.5) is 0 Å². The summed E-state index contributed by atoms with van der Waals surface area (Å²) in [7, 11) is 0. The van der Waals surface area contributed by atoms with E-state index in [0.29, 0.717) is 17.7 Å². The maximum absolute atomic E-state index is 14.0. The number of benzene rings is 3. The van der Waals surface area contributed by atoms with Crippen molar-refractivity contribution in [3.8, 4) is 0 Å². The van der Waals surface area contributed by atoms with Crippen LogP contribution in [0, 0.1) is 11.8 Å². The summed E-state index contributed by atoms with van der Waals surface area (Å²) in [4.78, 5) is 86.2. The van der Waals surface area contributed by atoms with Gasteiger partial charge in [-0.15, -0.1) is 0 Å². The number of hydrogen-bond donors (Lipinski definition) is 3. The number of piperazine rings is 1. The molecular weight excluding hydrogens is 781 g/mol. The molecule has 0 unspecified atom stereocenters. The van der Waals surface area contributed by atoms with Gasteiger partial charge in [0, 0.05) is 74.7 Å². The van der Waals surface area contributed by atoms with E-state index >= 15 is 0 Å². The maximum Gasteiger partial charge on any atom is 0.253 e. The fraction of sp³-hybridized carbons (Fsp3) is 0.520. The zero-order valence-corrected chi connectivity index (χ0v) is 36.4. The van der Waals surface area contributed by atoms with Crippen molar-refractivity contribution < 1.29 is 28.8 Å². The Labute approximate surface area is 366 Å². The van der Waals surface area contributed by atoms with Gasteiger partial charge in [0.05, 0.1) is 18.4 Å². The Bertz CT molecular complexity index is 1950. The summed E-state index contributed by atoms with van der Waals surface area (Å²) in [5.41, 5.74) is 3.04. The molecule has 0 radical (unpaired) electrons. The standard InChI is InChI=1S/C50H64N6O6/c1-3-4-5-6-7-8-9-10-17-26-51-48(60)45-33-54(27-28-56(45)34(2)57)49(61)37-22-24-38(25-23-37)50(62)55-31-41(46(58)52-43-29-39(43)35-18-13-11-14-19-35)42(32-55)47(59)53-44-30-40(44)36-20-15-12-16-21-36/h11-16,18-25,39-45H,3-10,17,26-33H2,1-2H3,(H,51,60)(H,52,58)(H,53,59)/t39-,40-,41-,42-,43+,44+,45+/m1/s1. The number of unbranched alkanes of at least 4 members (excludes halogenated alkanes) is 8. The zero-order chi connectivity index (χ0) is 43.6. The molecule has 6 amide bonds. The third-order valence-corrected chi connectivity index (χ3v) is 13.3. The van der Waals surface area contributed by atoms with Gasteiger partial charge in [0.15, 0.2) is 0 Å². The van der Waals surface area contributed by atoms with Crippen molar-refractivity contribution in [2.24, 2.45) is 11.8 Å². The molecule has 3 N–H and O–H groups in total. The Morgan fingerprint density at radius 2 is 1.02 bits per heavy atom. The second kappa shape index (κ2) is 21.0. The molecular formula is C50H64N6O6. The Kier molecular flexibility index (Phi) is 15.1. The van der Waals surface area contributed by atoms with E-state index in [1.54, 1.807) is 34.1 Å². The highest BCUT2D eigenvalue weighted by Gasteiger charge is 2.49. The molecule has 0 spiro atoms. The number of carbonyl (C=O) groups excluding carboxylic acids is 6. The fourth-order valence-electron chi connectivity index (χ4n) is 9.38. The van der Waals surface area contributed by atoms with Gasteiger partial charge >= 0.3 is 0 Å². The van der Waals surface area contributed by atoms with E-state index in [1.165, 1.54) is 61.5 Å². The predicted octanol–water partition coefficient (Wildman–Crippen LogP) is 6.04. The quantitative estimate of drug-likeness (QED) is 0.126. The molecule has 62 heavy (non-hydrogen) atoms. The molecule has 12 nitrogen and oxygen atoms in total. The maximum atomic E-state index is 14.0. The summed E-state index contributed by atoms with van der Waals surface area (Å²) in [6.45, 7) is 4.98. The van der Waals surface area contributed by atoms with Crippen molar-refractivity contribution in [3.63, 3.8) is 0 Å². The lowest BCUT2D eigenvalue weighted by Gasteiger charge is -2.40. The Morgan fingerprint density at radius 1 is 0.548 bits per heavy atom. The summed E-state index contributed by atoms with van der Waals surface area (Å²) in [5, 5.41) is 9.36. The van der Waals surface area contributed by atoms with Crippen molar-refractivity contribution in [2.75, 3.05) is 39.3 Å². The smallest absolute Gasteiger partial charge is 0.253 e. The van der Waals surface area contributed by atoms with E-state index < -0.39 is 17.9 Å². The van der Waals surface area contributed by atoms with Crippen molar-refractivity contribution >= 4 is 35.4 Å². The van der Waals surface area contributed by atoms with Gasteiger partial charge < -0.3 is 30.7 Å². The molecule has 3 aromatic carbocycles. The number of carbonyl (C=O) groups is 6. The second-order valence-electron chi connectivity index (χ2n) is 17.8. The SMILES string of the molecule is CCCCCCCCCCCNC(=O)[C@@H]1CN(C(=O)c2ccc(C(=O)N3C[C@@H](C(=O)N[C@H]4C[C@@H]4c4ccccc4)[C@H](C(=O)N[C@H]4C[C@@H]4c4ccccc4)C3)cc2)CCN1C(C)=O. The lowest BCUT2D eigenvalue weighted by atomic mass is 9.94. The summed E-state index contributed by atoms with van der Waals surface area (Å²) in [5.74, 6) is -2.51. The summed E-state index contributed by atoms with van der Waals surface area (Å²) in [6.07, 6.45) is 12.3. The van der Waals surface area contributed by atoms with E-state index in [0.717, 1.165) is 32.1 Å². The fourth-order valence-corrected chi connectivity index (χ4v) is 9.38. The van der Waals surface area contributed by atoms with Gasteiger partial charge in [-0.3, -0.25) is 28.8 Å². The highest BCUT2D eigenvalue weighted by molar-refractivity contribution is 5.99. The van der Waals surface area contributed by atoms with E-state index in [4.69, 9.17) is 0 Å². The van der Waals surface area contributed by atoms with Crippen LogP contribution in [0.1, 0.15) is 128 Å². The molecule has 12 heteroatoms. The Balaban J connectivity index is 0.942. The molecule has 2 aliphatic heterocycles. The molecule has 3 aromatic rings. The summed E-state index contributed by atoms with van der Waals surface area (Å²) >= 11 is 0. The van der Waals surface area contributed by atoms with Crippen molar-refractivity contribution in [2.45, 2.75) is 114 Å². The molecule has 4 fully saturated rings. The summed E-state index contributed by atoms with van der Waals surface area (Å²) < 4.78 is 0. The monoisotopic (exact) mass is 844 g/mol. The lowest BCUT2D eigenvalue weighted by molar-refractivity contribution is -0.141. The average Bonchev–Trinajstić information content (AvgIpc) is 4.21. The molecule has 7 rings (SSSR count). The number of nitrogens with zero attached hydrogens (tertiary/aromatic N) is 3. The second-order valence-corrected chi connectivity index (χ2v) is 17.8. The Morgan fingerprint density at radius 3 is 1.50 bits per heavy atom. The minimum atomic E-state index is -0.789. The topological polar surface area (TPSA) is 148 Å². The Hall–Kier alpha value is -5.52. The minimum absolute atomic E-state index is 0.0195. The zero-order valence-electron chi connectivity index (χ0n) is 36.4. The number of nitrogens with one attached hydrogen (secondary N) is 3. The molecule has 330 valence electrons. The highest BCUT2D eigenvalue weighted by Crippen LogP contribution is 2.42. The van der Waals surface area contributed by atoms with Crippen LogP contribution < -0.4 is 16.0 Å². The molecule has 2 saturated carbocycles. The van der Waals surface area contributed by atoms with Crippen LogP contribution in [0.2, 0.25) is 0 Å². The summed E-state index contributed by atoms with van der Waals surface area (Å²) in [6, 6.07) is 25.7. The third kappa shape index (κ3) is 11.3. The number of hydrogen-bond acceptors (Lipinski definition) is 6. The normalized spacial score (nSPS) is 24.0. The first-order valence-electron chi connectivity index (χ1n) is 23.1. The molecule has 0 bridgehead atoms. The van der Waals surface area contributed by atoms with E-state index in [2.05, 4.69) is 47.1 Å². The van der Waals surface area contributed by atoms with Gasteiger partial charge in [0.1, 0.15) is 6.04 Å². The molecule has 0 aromatic heterocycles. The van der Waals surface area contributed by atoms with Gasteiger partial charge in [-0.1, -0.05) is 119 Å². The van der Waals surface area contributed by atoms with E-state index in [-0.39, 0.29) is 92.1 Å². The van der Waals surface area contributed by atoms with Gasteiger partial charge in [-0.25, -0.2) is 0 Å². The van der Waals surface area contributed by atoms with Crippen molar-refractivity contribution in [1.29, 1.82) is 0 Å². The van der Waals surface area contributed by atoms with Crippen molar-refractivity contribution in [1.82, 2.24) is 30.7 Å². The molecule has 4 aliphatic rings. The van der Waals surface area contributed by atoms with Crippen molar-refractivity contribution in [3.05, 3.63) is 107 Å². The molecule has 2 saturated heterocycles. The predicted molar refractivity (Wildman–Crippen MR) is 238 cm³/mol. The lowest BCUT2D eigenvalue weighted by Crippen LogP contribution is -2.61. The van der Waals surface area contributed by atoms with E-state index in [1.807, 2.05) is 36.4 Å². The first-order valence-corrected chi connectivity index (χ1v) is 23.1. The van der Waals surface area contributed by atoms with Gasteiger partial charge in [0.25, 0.3) is 11.8 Å². The minimum Gasteiger partial charge on any atom is -0.354 e. The molecule has 7 atom stereocenters. The van der Waals surface area contributed by atoms with Crippen LogP contribution in [0.25, 0.3) is 0 Å².